The van der Waals surface area contributed by atoms with Crippen LogP contribution in [0.5, 0.6) is 0 Å². The molecule has 0 radical (unpaired) electrons. The van der Waals surface area contributed by atoms with Crippen molar-refractivity contribution in [3.05, 3.63) is 0 Å². The van der Waals surface area contributed by atoms with Crippen LogP contribution in [0.2, 0.25) is 0 Å². The van der Waals surface area contributed by atoms with Crippen molar-refractivity contribution in [3.63, 3.8) is 0 Å². The Morgan fingerprint density at radius 1 is 1.30 bits per heavy atom. The van der Waals surface area contributed by atoms with Gasteiger partial charge in [-0.3, -0.25) is 0 Å². The summed E-state index contributed by atoms with van der Waals surface area (Å²) in [5.41, 5.74) is 0. The second-order valence-electron chi connectivity index (χ2n) is 2.84. The van der Waals surface area contributed by atoms with Gasteiger partial charge in [-0.25, -0.2) is 0 Å². The van der Waals surface area contributed by atoms with Gasteiger partial charge in [0.25, 0.3) is 0 Å². The van der Waals surface area contributed by atoms with Crippen molar-refractivity contribution in [1.29, 1.82) is 0 Å². The van der Waals surface area contributed by atoms with Gasteiger partial charge in [-0.1, -0.05) is 0 Å². The molecule has 0 saturated heterocycles. The molecule has 1 amide bonds. The Labute approximate surface area is 70.3 Å². The zero-order chi connectivity index (χ0) is 7.40. The third-order valence-electron chi connectivity index (χ3n) is 1.95. The first kappa shape index (κ1) is 8.13. The zero-order valence-corrected chi connectivity index (χ0v) is 8.52. The standard InChI is InChI=1S/C7H14AsNO/c8-7(10)9-6-4-2-1-3-5-6/h6H,1-5,8H2,(H,9,10). The average Bonchev–Trinajstić information content (AvgIpc) is 1.88. The summed E-state index contributed by atoms with van der Waals surface area (Å²) in [7, 11) is 0. The molecule has 1 aliphatic rings. The topological polar surface area (TPSA) is 29.1 Å². The molecule has 0 aromatic heterocycles. The molecule has 0 spiro atoms. The van der Waals surface area contributed by atoms with Crippen molar-refractivity contribution < 1.29 is 4.79 Å². The molecular formula is C7H14AsNO. The first-order chi connectivity index (χ1) is 4.79. The molecule has 2 nitrogen and oxygen atoms in total. The van der Waals surface area contributed by atoms with Crippen LogP contribution in [0.15, 0.2) is 0 Å². The summed E-state index contributed by atoms with van der Waals surface area (Å²) in [6.07, 6.45) is 6.31. The molecule has 58 valence electrons. The normalized spacial score (nSPS) is 20.5. The van der Waals surface area contributed by atoms with Crippen LogP contribution in [-0.4, -0.2) is 27.6 Å². The molecule has 3 heteroatoms. The Morgan fingerprint density at radius 2 is 1.90 bits per heavy atom. The van der Waals surface area contributed by atoms with E-state index >= 15 is 0 Å². The monoisotopic (exact) mass is 203 g/mol. The van der Waals surface area contributed by atoms with Crippen molar-refractivity contribution >= 4 is 21.5 Å². The van der Waals surface area contributed by atoms with Crippen LogP contribution in [-0.2, 0) is 0 Å². The number of rotatable bonds is 1. The third-order valence-corrected chi connectivity index (χ3v) is 2.30. The van der Waals surface area contributed by atoms with E-state index in [0.29, 0.717) is 6.04 Å². The third kappa shape index (κ3) is 2.74. The van der Waals surface area contributed by atoms with Gasteiger partial charge in [-0.05, 0) is 0 Å². The molecule has 0 bridgehead atoms. The summed E-state index contributed by atoms with van der Waals surface area (Å²) in [5.74, 6) is 0. The van der Waals surface area contributed by atoms with E-state index in [4.69, 9.17) is 0 Å². The summed E-state index contributed by atoms with van der Waals surface area (Å²) < 4.78 is 0.180. The van der Waals surface area contributed by atoms with Gasteiger partial charge in [0, 0.05) is 0 Å². The molecule has 1 N–H and O–H groups in total. The fourth-order valence-electron chi connectivity index (χ4n) is 1.45. The average molecular weight is 203 g/mol. The van der Waals surface area contributed by atoms with Crippen LogP contribution in [0, 0.1) is 0 Å². The molecule has 1 rings (SSSR count). The molecule has 0 heterocycles. The van der Waals surface area contributed by atoms with E-state index in [-0.39, 0.29) is 4.69 Å². The molecule has 1 atom stereocenters. The van der Waals surface area contributed by atoms with E-state index < -0.39 is 0 Å². The van der Waals surface area contributed by atoms with Gasteiger partial charge >= 0.3 is 69.8 Å². The number of amides is 1. The van der Waals surface area contributed by atoms with E-state index in [9.17, 15) is 4.79 Å². The van der Waals surface area contributed by atoms with Crippen LogP contribution >= 0.6 is 0 Å². The Bertz CT molecular complexity index is 121. The van der Waals surface area contributed by atoms with Crippen molar-refractivity contribution in [2.24, 2.45) is 0 Å². The molecule has 1 aliphatic carbocycles. The number of hydrogen-bond donors (Lipinski definition) is 1. The number of nitrogens with one attached hydrogen (secondary N) is 1. The van der Waals surface area contributed by atoms with E-state index in [2.05, 4.69) is 5.32 Å². The first-order valence-corrected chi connectivity index (χ1v) is 5.06. The fourth-order valence-corrected chi connectivity index (χ4v) is 1.94. The first-order valence-electron chi connectivity index (χ1n) is 3.85. The van der Waals surface area contributed by atoms with Crippen molar-refractivity contribution in [2.75, 3.05) is 0 Å². The van der Waals surface area contributed by atoms with Crippen LogP contribution in [0.25, 0.3) is 0 Å². The van der Waals surface area contributed by atoms with Gasteiger partial charge in [-0.15, -0.1) is 0 Å². The number of hydrogen-bond acceptors (Lipinski definition) is 1. The van der Waals surface area contributed by atoms with Crippen LogP contribution in [0.3, 0.4) is 0 Å². The second-order valence-corrected chi connectivity index (χ2v) is 3.94. The predicted octanol–water partition coefficient (Wildman–Crippen LogP) is 0.662. The van der Waals surface area contributed by atoms with E-state index in [1.165, 1.54) is 49.0 Å². The van der Waals surface area contributed by atoms with Gasteiger partial charge < -0.3 is 0 Å². The molecule has 10 heavy (non-hydrogen) atoms. The van der Waals surface area contributed by atoms with Crippen LogP contribution < -0.4 is 5.32 Å². The minimum absolute atomic E-state index is 0.180. The van der Waals surface area contributed by atoms with E-state index in [1.807, 2.05) is 0 Å². The van der Waals surface area contributed by atoms with Crippen molar-refractivity contribution in [2.45, 2.75) is 38.1 Å². The maximum absolute atomic E-state index is 10.6. The number of carbonyl (C=O) groups excluding carboxylic acids is 1. The Hall–Kier alpha value is 0.0284. The summed E-state index contributed by atoms with van der Waals surface area (Å²) >= 11 is 1.17. The summed E-state index contributed by atoms with van der Waals surface area (Å²) in [6, 6.07) is 0.494. The molecule has 1 saturated carbocycles. The van der Waals surface area contributed by atoms with Crippen LogP contribution in [0.1, 0.15) is 32.1 Å². The van der Waals surface area contributed by atoms with Gasteiger partial charge in [-0.2, -0.15) is 0 Å². The molecule has 1 unspecified atom stereocenters. The van der Waals surface area contributed by atoms with Crippen LogP contribution in [0.4, 0.5) is 4.79 Å². The Morgan fingerprint density at radius 3 is 2.40 bits per heavy atom. The minimum atomic E-state index is 0.180. The maximum atomic E-state index is 10.6. The zero-order valence-electron chi connectivity index (χ0n) is 6.10. The molecule has 0 aromatic rings. The molecule has 0 aliphatic heterocycles. The summed E-state index contributed by atoms with van der Waals surface area (Å²) in [6.45, 7) is 0. The SMILES string of the molecule is O=C([AsH2])NC1CCCCC1. The van der Waals surface area contributed by atoms with Crippen molar-refractivity contribution in [3.8, 4) is 0 Å². The number of carbonyl (C=O) groups is 1. The summed E-state index contributed by atoms with van der Waals surface area (Å²) in [5, 5.41) is 2.97. The predicted molar refractivity (Wildman–Crippen MR) is 43.9 cm³/mol. The quantitative estimate of drug-likeness (QED) is 0.623. The molecule has 1 fully saturated rings. The van der Waals surface area contributed by atoms with Gasteiger partial charge in [0.1, 0.15) is 0 Å². The van der Waals surface area contributed by atoms with Gasteiger partial charge in [0.15, 0.2) is 0 Å². The Kier molecular flexibility index (Phi) is 3.27. The van der Waals surface area contributed by atoms with Gasteiger partial charge in [0.05, 0.1) is 0 Å². The molecular weight excluding hydrogens is 189 g/mol. The second kappa shape index (κ2) is 4.02. The van der Waals surface area contributed by atoms with E-state index in [0.717, 1.165) is 0 Å². The Balaban J connectivity index is 2.19. The summed E-state index contributed by atoms with van der Waals surface area (Å²) in [4.78, 5) is 10.6. The van der Waals surface area contributed by atoms with E-state index in [1.54, 1.807) is 0 Å². The molecule has 0 aromatic carbocycles. The van der Waals surface area contributed by atoms with Crippen molar-refractivity contribution in [1.82, 2.24) is 5.32 Å². The fraction of sp³-hybridized carbons (Fsp3) is 0.857. The van der Waals surface area contributed by atoms with Gasteiger partial charge in [0.2, 0.25) is 0 Å².